The highest BCUT2D eigenvalue weighted by atomic mass is 16.5. The number of aromatic amines is 1. The van der Waals surface area contributed by atoms with E-state index in [9.17, 15) is 9.59 Å². The van der Waals surface area contributed by atoms with Crippen LogP contribution in [0.2, 0.25) is 0 Å². The van der Waals surface area contributed by atoms with Crippen LogP contribution < -0.4 is 10.1 Å². The van der Waals surface area contributed by atoms with Gasteiger partial charge in [0.05, 0.1) is 5.69 Å². The van der Waals surface area contributed by atoms with Crippen LogP contribution in [0.1, 0.15) is 115 Å². The molecule has 1 unspecified atom stereocenters. The first-order valence-corrected chi connectivity index (χ1v) is 12.6. The molecule has 2 N–H and O–H groups in total. The summed E-state index contributed by atoms with van der Waals surface area (Å²) in [5.74, 6) is 0.632. The van der Waals surface area contributed by atoms with Crippen molar-refractivity contribution in [2.24, 2.45) is 0 Å². The van der Waals surface area contributed by atoms with Crippen molar-refractivity contribution in [3.63, 3.8) is 0 Å². The SMILES string of the molecule is CCCCC(Oc1ccc(C(C)(C)CC)cc1C(C)(C)CC)C(=O)Nc1nc(C)c(C(C)=O)[nH]1. The third kappa shape index (κ3) is 6.49. The summed E-state index contributed by atoms with van der Waals surface area (Å²) in [6, 6.07) is 6.40. The lowest BCUT2D eigenvalue weighted by Crippen LogP contribution is -2.34. The fraction of sp³-hybridized carbons (Fsp3) is 0.607. The first kappa shape index (κ1) is 27.6. The van der Waals surface area contributed by atoms with Gasteiger partial charge in [-0.2, -0.15) is 0 Å². The summed E-state index contributed by atoms with van der Waals surface area (Å²) in [6.45, 7) is 18.6. The summed E-state index contributed by atoms with van der Waals surface area (Å²) in [7, 11) is 0. The number of hydrogen-bond donors (Lipinski definition) is 2. The zero-order valence-corrected chi connectivity index (χ0v) is 22.5. The zero-order chi connectivity index (χ0) is 25.7. The number of unbranched alkanes of at least 4 members (excludes halogenated alkanes) is 1. The van der Waals surface area contributed by atoms with E-state index in [0.29, 0.717) is 17.8 Å². The summed E-state index contributed by atoms with van der Waals surface area (Å²) < 4.78 is 6.44. The first-order chi connectivity index (χ1) is 15.9. The molecule has 0 radical (unpaired) electrons. The Hall–Kier alpha value is -2.63. The maximum atomic E-state index is 13.2. The number of benzene rings is 1. The number of ketones is 1. The maximum Gasteiger partial charge on any atom is 0.267 e. The van der Waals surface area contributed by atoms with Crippen LogP contribution in [-0.4, -0.2) is 27.8 Å². The molecule has 0 aliphatic heterocycles. The van der Waals surface area contributed by atoms with Crippen molar-refractivity contribution in [3.8, 4) is 5.75 Å². The van der Waals surface area contributed by atoms with Gasteiger partial charge >= 0.3 is 0 Å². The third-order valence-electron chi connectivity index (χ3n) is 7.12. The topological polar surface area (TPSA) is 84.1 Å². The largest absolute Gasteiger partial charge is 0.480 e. The normalized spacial score (nSPS) is 13.0. The van der Waals surface area contributed by atoms with Crippen molar-refractivity contribution in [1.29, 1.82) is 0 Å². The number of Topliss-reactive ketones (excluding diaryl/α,β-unsaturated/α-hetero) is 1. The van der Waals surface area contributed by atoms with Gasteiger partial charge < -0.3 is 9.72 Å². The van der Waals surface area contributed by atoms with Gasteiger partial charge in [0.1, 0.15) is 11.4 Å². The summed E-state index contributed by atoms with van der Waals surface area (Å²) in [4.78, 5) is 32.2. The summed E-state index contributed by atoms with van der Waals surface area (Å²) in [6.07, 6.45) is 3.73. The molecule has 6 nitrogen and oxygen atoms in total. The molecule has 6 heteroatoms. The number of imidazole rings is 1. The molecule has 0 saturated carbocycles. The van der Waals surface area contributed by atoms with Crippen LogP contribution >= 0.6 is 0 Å². The fourth-order valence-electron chi connectivity index (χ4n) is 3.82. The Morgan fingerprint density at radius 1 is 1.09 bits per heavy atom. The predicted molar refractivity (Wildman–Crippen MR) is 139 cm³/mol. The van der Waals surface area contributed by atoms with E-state index in [1.54, 1.807) is 6.92 Å². The number of carbonyl (C=O) groups excluding carboxylic acids is 2. The van der Waals surface area contributed by atoms with Gasteiger partial charge in [-0.05, 0) is 55.1 Å². The average molecular weight is 470 g/mol. The maximum absolute atomic E-state index is 13.2. The Morgan fingerprint density at radius 2 is 1.74 bits per heavy atom. The van der Waals surface area contributed by atoms with Crippen LogP contribution in [0.5, 0.6) is 5.75 Å². The van der Waals surface area contributed by atoms with E-state index in [1.807, 2.05) is 6.07 Å². The lowest BCUT2D eigenvalue weighted by atomic mass is 9.76. The first-order valence-electron chi connectivity index (χ1n) is 12.6. The molecule has 0 aliphatic rings. The van der Waals surface area contributed by atoms with Crippen LogP contribution in [0.4, 0.5) is 5.95 Å². The Bertz CT molecular complexity index is 1000. The molecule has 1 heterocycles. The predicted octanol–water partition coefficient (Wildman–Crippen LogP) is 6.87. The van der Waals surface area contributed by atoms with Gasteiger partial charge in [-0.15, -0.1) is 0 Å². The number of H-pyrrole nitrogens is 1. The Morgan fingerprint density at radius 3 is 2.26 bits per heavy atom. The number of anilines is 1. The van der Waals surface area contributed by atoms with Crippen molar-refractivity contribution in [3.05, 3.63) is 40.7 Å². The molecule has 188 valence electrons. The second-order valence-corrected chi connectivity index (χ2v) is 10.5. The fourth-order valence-corrected chi connectivity index (χ4v) is 3.82. The number of aromatic nitrogens is 2. The standard InChI is InChI=1S/C28H43N3O3/c1-10-13-14-23(25(33)31-26-29-18(4)24(30-26)19(5)32)34-22-16-15-20(27(6,7)11-2)17-21(22)28(8,9)12-3/h15-17,23H,10-14H2,1-9H3,(H2,29,30,31,33). The summed E-state index contributed by atoms with van der Waals surface area (Å²) >= 11 is 0. The van der Waals surface area contributed by atoms with Crippen molar-refractivity contribution < 1.29 is 14.3 Å². The van der Waals surface area contributed by atoms with Gasteiger partial charge in [0.2, 0.25) is 5.95 Å². The van der Waals surface area contributed by atoms with Crippen LogP contribution in [0.3, 0.4) is 0 Å². The number of amides is 1. The molecule has 0 spiro atoms. The lowest BCUT2D eigenvalue weighted by Gasteiger charge is -2.31. The van der Waals surface area contributed by atoms with Crippen molar-refractivity contribution >= 4 is 17.6 Å². The van der Waals surface area contributed by atoms with Crippen LogP contribution in [0.25, 0.3) is 0 Å². The van der Waals surface area contributed by atoms with E-state index in [-0.39, 0.29) is 28.5 Å². The zero-order valence-electron chi connectivity index (χ0n) is 22.5. The molecule has 34 heavy (non-hydrogen) atoms. The molecule has 1 atom stereocenters. The average Bonchev–Trinajstić information content (AvgIpc) is 3.16. The number of nitrogens with zero attached hydrogens (tertiary/aromatic N) is 1. The highest BCUT2D eigenvalue weighted by molar-refractivity contribution is 5.96. The van der Waals surface area contributed by atoms with E-state index >= 15 is 0 Å². The molecule has 0 saturated heterocycles. The van der Waals surface area contributed by atoms with Crippen molar-refractivity contribution in [2.75, 3.05) is 5.32 Å². The minimum Gasteiger partial charge on any atom is -0.480 e. The van der Waals surface area contributed by atoms with Crippen LogP contribution in [-0.2, 0) is 15.6 Å². The molecule has 0 fully saturated rings. The Balaban J connectivity index is 2.40. The second-order valence-electron chi connectivity index (χ2n) is 10.5. The van der Waals surface area contributed by atoms with Gasteiger partial charge in [0, 0.05) is 12.5 Å². The van der Waals surface area contributed by atoms with E-state index in [0.717, 1.165) is 37.0 Å². The number of hydrogen-bond acceptors (Lipinski definition) is 4. The van der Waals surface area contributed by atoms with Gasteiger partial charge in [-0.25, -0.2) is 4.98 Å². The van der Waals surface area contributed by atoms with Gasteiger partial charge in [0.25, 0.3) is 5.91 Å². The molecule has 0 bridgehead atoms. The molecule has 1 aromatic heterocycles. The Labute approximate surface area is 205 Å². The molecule has 0 aliphatic carbocycles. The van der Waals surface area contributed by atoms with E-state index < -0.39 is 6.10 Å². The van der Waals surface area contributed by atoms with E-state index in [4.69, 9.17) is 4.74 Å². The quantitative estimate of drug-likeness (QED) is 0.332. The number of aryl methyl sites for hydroxylation is 1. The van der Waals surface area contributed by atoms with E-state index in [2.05, 4.69) is 75.9 Å². The van der Waals surface area contributed by atoms with Gasteiger partial charge in [-0.3, -0.25) is 14.9 Å². The third-order valence-corrected chi connectivity index (χ3v) is 7.12. The smallest absolute Gasteiger partial charge is 0.267 e. The molecule has 1 aromatic carbocycles. The molecule has 2 aromatic rings. The lowest BCUT2D eigenvalue weighted by molar-refractivity contribution is -0.123. The number of rotatable bonds is 12. The molecule has 1 amide bonds. The molecular formula is C28H43N3O3. The molecular weight excluding hydrogens is 426 g/mol. The summed E-state index contributed by atoms with van der Waals surface area (Å²) in [5, 5.41) is 2.82. The monoisotopic (exact) mass is 469 g/mol. The van der Waals surface area contributed by atoms with Gasteiger partial charge in [0.15, 0.2) is 11.9 Å². The van der Waals surface area contributed by atoms with Crippen LogP contribution in [0, 0.1) is 6.92 Å². The minimum absolute atomic E-state index is 0.0572. The minimum atomic E-state index is -0.664. The summed E-state index contributed by atoms with van der Waals surface area (Å²) in [5.41, 5.74) is 3.32. The van der Waals surface area contributed by atoms with Crippen molar-refractivity contribution in [1.82, 2.24) is 9.97 Å². The van der Waals surface area contributed by atoms with E-state index in [1.165, 1.54) is 12.5 Å². The highest BCUT2D eigenvalue weighted by Gasteiger charge is 2.29. The highest BCUT2D eigenvalue weighted by Crippen LogP contribution is 2.39. The number of nitrogens with one attached hydrogen (secondary N) is 2. The molecule has 2 rings (SSSR count). The Kier molecular flexibility index (Phi) is 9.09. The van der Waals surface area contributed by atoms with Crippen LogP contribution in [0.15, 0.2) is 18.2 Å². The van der Waals surface area contributed by atoms with Gasteiger partial charge in [-0.1, -0.05) is 67.0 Å². The van der Waals surface area contributed by atoms with Crippen molar-refractivity contribution in [2.45, 2.75) is 111 Å². The second kappa shape index (κ2) is 11.2. The number of carbonyl (C=O) groups is 2. The number of ether oxygens (including phenoxy) is 1.